The number of hydrogen-bond donors (Lipinski definition) is 3. The van der Waals surface area contributed by atoms with Gasteiger partial charge in [-0.1, -0.05) is 0 Å². The van der Waals surface area contributed by atoms with Crippen molar-refractivity contribution in [2.24, 2.45) is 7.05 Å². The molecule has 9 nitrogen and oxygen atoms in total. The third kappa shape index (κ3) is 2.28. The van der Waals surface area contributed by atoms with Crippen molar-refractivity contribution in [2.75, 3.05) is 7.11 Å². The molecule has 1 fully saturated rings. The van der Waals surface area contributed by atoms with Crippen LogP contribution in [0.25, 0.3) is 10.8 Å². The summed E-state index contributed by atoms with van der Waals surface area (Å²) in [6.07, 6.45) is 4.91. The van der Waals surface area contributed by atoms with Crippen molar-refractivity contribution in [1.82, 2.24) is 25.0 Å². The van der Waals surface area contributed by atoms with Crippen molar-refractivity contribution in [2.45, 2.75) is 12.1 Å². The Balaban J connectivity index is 1.82. The molecular formula is C17H17N5O4. The minimum Gasteiger partial charge on any atom is -0.497 e. The Morgan fingerprint density at radius 2 is 2.12 bits per heavy atom. The van der Waals surface area contributed by atoms with Gasteiger partial charge >= 0.3 is 6.03 Å². The number of fused-ring (bicyclic) bond motifs is 1. The Bertz CT molecular complexity index is 1040. The zero-order chi connectivity index (χ0) is 18.5. The van der Waals surface area contributed by atoms with E-state index < -0.39 is 17.5 Å². The molecule has 1 aliphatic heterocycles. The highest BCUT2D eigenvalue weighted by molar-refractivity contribution is 6.07. The predicted molar refractivity (Wildman–Crippen MR) is 91.7 cm³/mol. The van der Waals surface area contributed by atoms with Gasteiger partial charge in [0.05, 0.1) is 19.9 Å². The van der Waals surface area contributed by atoms with Crippen molar-refractivity contribution in [3.63, 3.8) is 0 Å². The largest absolute Gasteiger partial charge is 0.497 e. The number of urea groups is 1. The number of ether oxygens (including phenoxy) is 1. The number of aromatic hydroxyl groups is 1. The molecule has 26 heavy (non-hydrogen) atoms. The van der Waals surface area contributed by atoms with E-state index in [1.54, 1.807) is 43.4 Å². The van der Waals surface area contributed by atoms with E-state index >= 15 is 0 Å². The van der Waals surface area contributed by atoms with Gasteiger partial charge in [-0.3, -0.25) is 14.8 Å². The molecule has 1 aliphatic rings. The minimum absolute atomic E-state index is 0.0130. The minimum atomic E-state index is -1.36. The van der Waals surface area contributed by atoms with Crippen LogP contribution in [0.5, 0.6) is 11.6 Å². The number of aromatic nitrogens is 3. The number of imide groups is 1. The Labute approximate surface area is 148 Å². The first-order chi connectivity index (χ1) is 12.4. The number of carbonyl (C=O) groups excluding carboxylic acids is 2. The number of methoxy groups -OCH3 is 1. The Morgan fingerprint density at radius 1 is 1.31 bits per heavy atom. The lowest BCUT2D eigenvalue weighted by Crippen LogP contribution is -2.47. The van der Waals surface area contributed by atoms with E-state index in [1.165, 1.54) is 10.8 Å². The molecule has 3 amide bonds. The topological polar surface area (TPSA) is 110 Å². The van der Waals surface area contributed by atoms with Crippen LogP contribution >= 0.6 is 0 Å². The zero-order valence-corrected chi connectivity index (χ0v) is 14.2. The van der Waals surface area contributed by atoms with Gasteiger partial charge in [0.25, 0.3) is 5.91 Å². The van der Waals surface area contributed by atoms with Crippen LogP contribution in [0, 0.1) is 0 Å². The van der Waals surface area contributed by atoms with Gasteiger partial charge < -0.3 is 19.7 Å². The number of carbonyl (C=O) groups is 2. The molecule has 0 aliphatic carbocycles. The Kier molecular flexibility index (Phi) is 3.39. The fraction of sp³-hybridized carbons (Fsp3) is 0.235. The number of hydrogen-bond acceptors (Lipinski definition) is 5. The normalized spacial score (nSPS) is 19.6. The van der Waals surface area contributed by atoms with Crippen molar-refractivity contribution in [3.8, 4) is 11.6 Å². The summed E-state index contributed by atoms with van der Waals surface area (Å²) in [6, 6.07) is 4.73. The monoisotopic (exact) mass is 355 g/mol. The van der Waals surface area contributed by atoms with Gasteiger partial charge in [0.2, 0.25) is 0 Å². The van der Waals surface area contributed by atoms with Crippen LogP contribution in [0.3, 0.4) is 0 Å². The average molecular weight is 355 g/mol. The van der Waals surface area contributed by atoms with E-state index in [-0.39, 0.29) is 12.4 Å². The van der Waals surface area contributed by atoms with E-state index in [2.05, 4.69) is 15.7 Å². The van der Waals surface area contributed by atoms with Crippen molar-refractivity contribution in [3.05, 3.63) is 42.4 Å². The standard InChI is InChI=1S/C17H17N5O4/c1-21-8-11(6-18-21)17(15(24)19-16(25)20-17)9-22-7-10-3-4-12(26-2)5-13(10)14(22)23/h3-8,23H,9H2,1-2H3,(H2,19,20,24,25). The molecule has 0 bridgehead atoms. The van der Waals surface area contributed by atoms with Gasteiger partial charge in [-0.2, -0.15) is 5.10 Å². The van der Waals surface area contributed by atoms with Crippen LogP contribution in [0.1, 0.15) is 5.56 Å². The second kappa shape index (κ2) is 5.51. The van der Waals surface area contributed by atoms with Gasteiger partial charge in [-0.05, 0) is 18.2 Å². The third-order valence-corrected chi connectivity index (χ3v) is 4.62. The zero-order valence-electron chi connectivity index (χ0n) is 14.2. The Hall–Kier alpha value is -3.49. The lowest BCUT2D eigenvalue weighted by atomic mass is 9.92. The predicted octanol–water partition coefficient (Wildman–Crippen LogP) is 0.824. The summed E-state index contributed by atoms with van der Waals surface area (Å²) in [6.45, 7) is 0.0130. The lowest BCUT2D eigenvalue weighted by Gasteiger charge is -2.25. The van der Waals surface area contributed by atoms with Crippen molar-refractivity contribution in [1.29, 1.82) is 0 Å². The summed E-state index contributed by atoms with van der Waals surface area (Å²) in [5.74, 6) is 0.0979. The molecule has 134 valence electrons. The summed E-state index contributed by atoms with van der Waals surface area (Å²) < 4.78 is 8.27. The fourth-order valence-electron chi connectivity index (χ4n) is 3.27. The molecule has 4 rings (SSSR count). The number of benzene rings is 1. The highest BCUT2D eigenvalue weighted by Crippen LogP contribution is 2.34. The summed E-state index contributed by atoms with van der Waals surface area (Å²) >= 11 is 0. The second-order valence-electron chi connectivity index (χ2n) is 6.25. The third-order valence-electron chi connectivity index (χ3n) is 4.62. The number of nitrogens with one attached hydrogen (secondary N) is 2. The molecule has 0 spiro atoms. The number of aryl methyl sites for hydroxylation is 1. The number of amides is 3. The molecule has 0 radical (unpaired) electrons. The summed E-state index contributed by atoms with van der Waals surface area (Å²) in [5, 5.41) is 21.0. The molecule has 9 heteroatoms. The first-order valence-electron chi connectivity index (χ1n) is 7.91. The van der Waals surface area contributed by atoms with Gasteiger partial charge in [-0.25, -0.2) is 4.79 Å². The van der Waals surface area contributed by atoms with Crippen LogP contribution in [0.4, 0.5) is 4.79 Å². The van der Waals surface area contributed by atoms with Crippen LogP contribution in [-0.4, -0.2) is 38.5 Å². The molecule has 3 N–H and O–H groups in total. The SMILES string of the molecule is COc1ccc2cn(CC3(c4cnn(C)c4)NC(=O)NC3=O)c(O)c2c1. The molecule has 3 heterocycles. The second-order valence-corrected chi connectivity index (χ2v) is 6.25. The quantitative estimate of drug-likeness (QED) is 0.600. The van der Waals surface area contributed by atoms with E-state index in [0.717, 1.165) is 5.39 Å². The lowest BCUT2D eigenvalue weighted by molar-refractivity contribution is -0.124. The van der Waals surface area contributed by atoms with Crippen molar-refractivity contribution >= 4 is 22.7 Å². The van der Waals surface area contributed by atoms with Crippen LogP contribution in [-0.2, 0) is 23.9 Å². The van der Waals surface area contributed by atoms with E-state index in [4.69, 9.17) is 4.74 Å². The molecule has 2 aromatic heterocycles. The van der Waals surface area contributed by atoms with E-state index in [0.29, 0.717) is 16.7 Å². The Morgan fingerprint density at radius 3 is 2.73 bits per heavy atom. The van der Waals surface area contributed by atoms with Gasteiger partial charge in [0.1, 0.15) is 5.75 Å². The van der Waals surface area contributed by atoms with Gasteiger partial charge in [0.15, 0.2) is 11.4 Å². The highest BCUT2D eigenvalue weighted by Gasteiger charge is 2.49. The maximum absolute atomic E-state index is 12.6. The van der Waals surface area contributed by atoms with Crippen LogP contribution in [0.15, 0.2) is 36.8 Å². The molecule has 1 aromatic carbocycles. The number of nitrogens with zero attached hydrogens (tertiary/aromatic N) is 3. The summed E-state index contributed by atoms with van der Waals surface area (Å²) in [5.41, 5.74) is -0.833. The first kappa shape index (κ1) is 16.0. The molecule has 1 atom stereocenters. The highest BCUT2D eigenvalue weighted by atomic mass is 16.5. The first-order valence-corrected chi connectivity index (χ1v) is 7.91. The van der Waals surface area contributed by atoms with Gasteiger partial charge in [-0.15, -0.1) is 0 Å². The van der Waals surface area contributed by atoms with E-state index in [9.17, 15) is 14.7 Å². The average Bonchev–Trinajstić information content (AvgIpc) is 3.26. The van der Waals surface area contributed by atoms with Crippen LogP contribution < -0.4 is 15.4 Å². The van der Waals surface area contributed by atoms with Crippen LogP contribution in [0.2, 0.25) is 0 Å². The summed E-state index contributed by atoms with van der Waals surface area (Å²) in [7, 11) is 3.27. The summed E-state index contributed by atoms with van der Waals surface area (Å²) in [4.78, 5) is 24.4. The molecule has 1 saturated heterocycles. The van der Waals surface area contributed by atoms with Gasteiger partial charge in [0, 0.05) is 35.8 Å². The number of rotatable bonds is 4. The molecule has 1 unspecified atom stereocenters. The molecule has 0 saturated carbocycles. The fourth-order valence-corrected chi connectivity index (χ4v) is 3.27. The maximum Gasteiger partial charge on any atom is 0.322 e. The smallest absolute Gasteiger partial charge is 0.322 e. The maximum atomic E-state index is 12.6. The molecule has 3 aromatic rings. The van der Waals surface area contributed by atoms with E-state index in [1.807, 2.05) is 6.07 Å². The molecular weight excluding hydrogens is 338 g/mol. The van der Waals surface area contributed by atoms with Crippen molar-refractivity contribution < 1.29 is 19.4 Å².